The van der Waals surface area contributed by atoms with Crippen LogP contribution < -0.4 is 9.64 Å². The van der Waals surface area contributed by atoms with Gasteiger partial charge in [0.1, 0.15) is 11.4 Å². The van der Waals surface area contributed by atoms with Crippen LogP contribution >= 0.6 is 23.2 Å². The molecular weight excluding hydrogens is 747 g/mol. The number of carbonyl (C=O) groups is 2. The van der Waals surface area contributed by atoms with Crippen molar-refractivity contribution in [2.24, 2.45) is 14.1 Å². The molecule has 1 N–H and O–H groups in total. The Morgan fingerprint density at radius 1 is 0.964 bits per heavy atom. The number of aromatic nitrogens is 4. The number of amides is 1. The number of hydrogen-bond acceptors (Lipinski definition) is 5. The van der Waals surface area contributed by atoms with Crippen molar-refractivity contribution >= 4 is 62.6 Å². The molecular formula is C44H48Cl2N6O4. The molecule has 0 radical (unpaired) electrons. The van der Waals surface area contributed by atoms with Gasteiger partial charge in [-0.15, -0.1) is 0 Å². The van der Waals surface area contributed by atoms with Crippen LogP contribution in [-0.2, 0) is 27.1 Å². The summed E-state index contributed by atoms with van der Waals surface area (Å²) in [6, 6.07) is 11.8. The lowest BCUT2D eigenvalue weighted by Crippen LogP contribution is -2.43. The number of halogens is 2. The van der Waals surface area contributed by atoms with Crippen LogP contribution in [0.2, 0.25) is 10.0 Å². The smallest absolute Gasteiger partial charge is 0.337 e. The Morgan fingerprint density at radius 2 is 1.68 bits per heavy atom. The number of rotatable bonds is 10. The maximum atomic E-state index is 15.4. The summed E-state index contributed by atoms with van der Waals surface area (Å²) in [7, 11) is 3.79. The molecule has 0 spiro atoms. The third-order valence-corrected chi connectivity index (χ3v) is 12.7. The first kappa shape index (κ1) is 38.1. The lowest BCUT2D eigenvalue weighted by Gasteiger charge is -2.35. The predicted octanol–water partition coefficient (Wildman–Crippen LogP) is 9.60. The second-order valence-corrected chi connectivity index (χ2v) is 16.5. The highest BCUT2D eigenvalue weighted by atomic mass is 35.5. The minimum Gasteiger partial charge on any atom is -0.494 e. The lowest BCUT2D eigenvalue weighted by atomic mass is 9.98. The Morgan fingerprint density at radius 3 is 2.34 bits per heavy atom. The van der Waals surface area contributed by atoms with E-state index in [0.29, 0.717) is 48.6 Å². The van der Waals surface area contributed by atoms with E-state index in [2.05, 4.69) is 22.5 Å². The highest BCUT2D eigenvalue weighted by Crippen LogP contribution is 2.46. The number of anilines is 1. The summed E-state index contributed by atoms with van der Waals surface area (Å²) in [6.45, 7) is 13.7. The van der Waals surface area contributed by atoms with Crippen LogP contribution in [0.15, 0.2) is 42.6 Å². The summed E-state index contributed by atoms with van der Waals surface area (Å²) >= 11 is 13.6. The second kappa shape index (κ2) is 14.6. The molecule has 56 heavy (non-hydrogen) atoms. The SMILES string of the molecule is Cc1cc(OCCCc2c3n(c4c(-c5c(C)nn(C)c5C)c(Cl)ccc24)[C@H](C)CN(c2cc(CN4CCCC4)cc4c(C(=O)O)cn(C)c24)C3=O)cc(C)c1Cl. The first-order chi connectivity index (χ1) is 26.7. The van der Waals surface area contributed by atoms with Gasteiger partial charge in [0.15, 0.2) is 0 Å². The van der Waals surface area contributed by atoms with Gasteiger partial charge in [-0.3, -0.25) is 14.4 Å². The summed E-state index contributed by atoms with van der Waals surface area (Å²) in [6.07, 6.45) is 5.19. The molecule has 1 atom stereocenters. The Kier molecular flexibility index (Phi) is 9.96. The summed E-state index contributed by atoms with van der Waals surface area (Å²) in [4.78, 5) is 32.2. The van der Waals surface area contributed by atoms with E-state index in [9.17, 15) is 9.90 Å². The number of aryl methyl sites for hydroxylation is 6. The van der Waals surface area contributed by atoms with E-state index in [1.54, 1.807) is 6.20 Å². The Labute approximate surface area is 337 Å². The molecule has 0 bridgehead atoms. The molecule has 2 aliphatic heterocycles. The number of benzene rings is 3. The number of carboxylic acid groups (broad SMARTS) is 1. The monoisotopic (exact) mass is 794 g/mol. The van der Waals surface area contributed by atoms with Crippen molar-refractivity contribution < 1.29 is 19.4 Å². The third-order valence-electron chi connectivity index (χ3n) is 11.8. The van der Waals surface area contributed by atoms with Gasteiger partial charge in [0, 0.05) is 72.0 Å². The molecule has 0 aliphatic carbocycles. The van der Waals surface area contributed by atoms with Gasteiger partial charge < -0.3 is 23.9 Å². The topological polar surface area (TPSA) is 97.8 Å². The van der Waals surface area contributed by atoms with E-state index < -0.39 is 5.97 Å². The van der Waals surface area contributed by atoms with Crippen molar-refractivity contribution in [2.75, 3.05) is 31.1 Å². The Bertz CT molecular complexity index is 2550. The van der Waals surface area contributed by atoms with Gasteiger partial charge in [-0.1, -0.05) is 29.3 Å². The molecule has 6 aromatic rings. The molecule has 0 saturated carbocycles. The fourth-order valence-corrected chi connectivity index (χ4v) is 9.54. The summed E-state index contributed by atoms with van der Waals surface area (Å²) < 4.78 is 12.2. The summed E-state index contributed by atoms with van der Waals surface area (Å²) in [5.74, 6) is -0.350. The molecule has 5 heterocycles. The maximum absolute atomic E-state index is 15.4. The van der Waals surface area contributed by atoms with E-state index >= 15 is 4.79 Å². The normalized spacial score (nSPS) is 16.1. The van der Waals surface area contributed by atoms with Crippen LogP contribution in [0.5, 0.6) is 5.75 Å². The van der Waals surface area contributed by atoms with Crippen LogP contribution in [0.4, 0.5) is 5.69 Å². The van der Waals surface area contributed by atoms with Gasteiger partial charge in [0.2, 0.25) is 0 Å². The number of nitrogens with zero attached hydrogens (tertiary/aromatic N) is 6. The average Bonchev–Trinajstić information content (AvgIpc) is 3.92. The molecule has 12 heteroatoms. The van der Waals surface area contributed by atoms with Crippen LogP contribution in [0, 0.1) is 27.7 Å². The largest absolute Gasteiger partial charge is 0.494 e. The predicted molar refractivity (Wildman–Crippen MR) is 224 cm³/mol. The molecule has 10 nitrogen and oxygen atoms in total. The standard InChI is InChI=1S/C44H48Cl2N6O4/c1-24-17-30(18-25(2)39(24)46)56-16-10-11-31-32-12-13-35(45)38(37-27(4)47-49(7)28(37)5)41(32)52-26(3)21-51(43(53)42(31)52)36-20-29(22-50-14-8-9-15-50)19-33-34(44(54)55)23-48(6)40(33)36/h12-13,17-20,23,26H,8-11,14-16,21-22H2,1-7H3,(H,54,55)/t26-/m1/s1. The average molecular weight is 796 g/mol. The van der Waals surface area contributed by atoms with Crippen molar-refractivity contribution in [3.8, 4) is 16.9 Å². The molecule has 292 valence electrons. The number of carbonyl (C=O) groups excluding carboxylic acids is 1. The lowest BCUT2D eigenvalue weighted by molar-refractivity contribution is 0.0698. The van der Waals surface area contributed by atoms with Gasteiger partial charge in [-0.2, -0.15) is 5.10 Å². The van der Waals surface area contributed by atoms with Gasteiger partial charge in [-0.05, 0) is 126 Å². The molecule has 1 fully saturated rings. The minimum atomic E-state index is -0.989. The van der Waals surface area contributed by atoms with Crippen LogP contribution in [0.3, 0.4) is 0 Å². The molecule has 3 aromatic carbocycles. The maximum Gasteiger partial charge on any atom is 0.337 e. The Balaban J connectivity index is 1.28. The number of hydrogen-bond donors (Lipinski definition) is 1. The number of carboxylic acids is 1. The fraction of sp³-hybridized carbons (Fsp3) is 0.386. The van der Waals surface area contributed by atoms with E-state index in [1.807, 2.05) is 86.3 Å². The van der Waals surface area contributed by atoms with E-state index in [0.717, 1.165) is 104 Å². The van der Waals surface area contributed by atoms with Gasteiger partial charge >= 0.3 is 5.97 Å². The fourth-order valence-electron chi connectivity index (χ4n) is 9.18. The van der Waals surface area contributed by atoms with Crippen molar-refractivity contribution in [2.45, 2.75) is 72.9 Å². The van der Waals surface area contributed by atoms with Gasteiger partial charge in [0.05, 0.1) is 39.6 Å². The molecule has 8 rings (SSSR count). The zero-order valence-electron chi connectivity index (χ0n) is 33.1. The van der Waals surface area contributed by atoms with Crippen molar-refractivity contribution in [1.82, 2.24) is 23.8 Å². The number of aromatic carboxylic acids is 1. The van der Waals surface area contributed by atoms with E-state index in [1.165, 1.54) is 0 Å². The summed E-state index contributed by atoms with van der Waals surface area (Å²) in [5.41, 5.74) is 10.8. The van der Waals surface area contributed by atoms with Gasteiger partial charge in [0.25, 0.3) is 5.91 Å². The molecule has 2 aliphatic rings. The minimum absolute atomic E-state index is 0.126. The Hall–Kier alpha value is -4.77. The van der Waals surface area contributed by atoms with Crippen LogP contribution in [-0.4, -0.2) is 67.0 Å². The van der Waals surface area contributed by atoms with Crippen LogP contribution in [0.1, 0.15) is 86.7 Å². The van der Waals surface area contributed by atoms with Crippen molar-refractivity contribution in [3.05, 3.63) is 97.5 Å². The second-order valence-electron chi connectivity index (χ2n) is 15.7. The van der Waals surface area contributed by atoms with E-state index in [4.69, 9.17) is 33.0 Å². The summed E-state index contributed by atoms with van der Waals surface area (Å²) in [5, 5.41) is 18.0. The van der Waals surface area contributed by atoms with Crippen molar-refractivity contribution in [1.29, 1.82) is 0 Å². The van der Waals surface area contributed by atoms with Gasteiger partial charge in [-0.25, -0.2) is 4.79 Å². The van der Waals surface area contributed by atoms with E-state index in [-0.39, 0.29) is 17.5 Å². The quantitative estimate of drug-likeness (QED) is 0.139. The number of ether oxygens (including phenoxy) is 1. The highest BCUT2D eigenvalue weighted by molar-refractivity contribution is 6.35. The third kappa shape index (κ3) is 6.36. The number of fused-ring (bicyclic) bond motifs is 4. The molecule has 1 saturated heterocycles. The van der Waals surface area contributed by atoms with Crippen molar-refractivity contribution in [3.63, 3.8) is 0 Å². The first-order valence-corrected chi connectivity index (χ1v) is 20.2. The van der Waals surface area contributed by atoms with Crippen LogP contribution in [0.25, 0.3) is 32.9 Å². The molecule has 3 aromatic heterocycles. The molecule has 0 unspecified atom stereocenters. The highest BCUT2D eigenvalue weighted by Gasteiger charge is 2.38. The molecule has 1 amide bonds. The number of likely N-dealkylation sites (tertiary alicyclic amines) is 1. The zero-order valence-corrected chi connectivity index (χ0v) is 34.6. The zero-order chi connectivity index (χ0) is 39.7. The first-order valence-electron chi connectivity index (χ1n) is 19.4.